The minimum Gasteiger partial charge on any atom is -0.395 e. The summed E-state index contributed by atoms with van der Waals surface area (Å²) in [7, 11) is -4.39. The molecule has 1 heterocycles. The predicted octanol–water partition coefficient (Wildman–Crippen LogP) is 0.190. The fourth-order valence-corrected chi connectivity index (χ4v) is 4.23. The van der Waals surface area contributed by atoms with E-state index in [4.69, 9.17) is 10.9 Å². The lowest BCUT2D eigenvalue weighted by Gasteiger charge is -2.19. The van der Waals surface area contributed by atoms with Gasteiger partial charge < -0.3 is 10.5 Å². The Bertz CT molecular complexity index is 606. The number of nitrogen functional groups attached to an aromatic ring is 1. The zero-order chi connectivity index (χ0) is 16.2. The summed E-state index contributed by atoms with van der Waals surface area (Å²) in [5, 5.41) is 19.3. The van der Waals surface area contributed by atoms with Crippen LogP contribution in [0.4, 0.5) is 19.5 Å². The molecule has 120 valence electrons. The van der Waals surface area contributed by atoms with Crippen LogP contribution in [-0.2, 0) is 10.0 Å². The Kier molecular flexibility index (Phi) is 5.91. The van der Waals surface area contributed by atoms with E-state index in [0.717, 1.165) is 6.07 Å². The van der Waals surface area contributed by atoms with Gasteiger partial charge in [0.15, 0.2) is 5.00 Å². The average molecular weight is 346 g/mol. The van der Waals surface area contributed by atoms with Crippen LogP contribution in [-0.4, -0.2) is 48.9 Å². The summed E-state index contributed by atoms with van der Waals surface area (Å²) in [5.74, 6) is 5.05. The number of nitro groups is 1. The largest absolute Gasteiger partial charge is 0.395 e. The number of nitrogens with one attached hydrogen (secondary N) is 1. The van der Waals surface area contributed by atoms with Crippen molar-refractivity contribution in [2.45, 2.75) is 10.6 Å². The van der Waals surface area contributed by atoms with E-state index in [0.29, 0.717) is 15.6 Å². The molecule has 0 unspecified atom stereocenters. The predicted molar refractivity (Wildman–Crippen MR) is 70.6 cm³/mol. The number of halogens is 2. The Balaban J connectivity index is 3.24. The van der Waals surface area contributed by atoms with Gasteiger partial charge in [0.25, 0.3) is 16.4 Å². The van der Waals surface area contributed by atoms with Crippen molar-refractivity contribution in [1.82, 2.24) is 4.31 Å². The van der Waals surface area contributed by atoms with E-state index in [2.05, 4.69) is 0 Å². The minimum absolute atomic E-state index is 0.223. The number of nitrogens with zero attached hydrogens (tertiary/aromatic N) is 2. The minimum atomic E-state index is -4.39. The fourth-order valence-electron chi connectivity index (χ4n) is 1.43. The monoisotopic (exact) mass is 346 g/mol. The van der Waals surface area contributed by atoms with Crippen LogP contribution in [0.15, 0.2) is 10.3 Å². The number of sulfonamides is 1. The van der Waals surface area contributed by atoms with Gasteiger partial charge in [-0.25, -0.2) is 23.0 Å². The van der Waals surface area contributed by atoms with Gasteiger partial charge in [-0.3, -0.25) is 10.1 Å². The number of hydrazine groups is 1. The molecule has 0 aliphatic heterocycles. The lowest BCUT2D eigenvalue weighted by atomic mass is 10.5. The van der Waals surface area contributed by atoms with Crippen molar-refractivity contribution in [3.63, 3.8) is 0 Å². The maximum Gasteiger partial charge on any atom is 0.306 e. The molecule has 13 heteroatoms. The molecule has 0 amide bonds. The van der Waals surface area contributed by atoms with Crippen molar-refractivity contribution in [2.24, 2.45) is 5.84 Å². The van der Waals surface area contributed by atoms with Crippen molar-refractivity contribution >= 4 is 32.0 Å². The fraction of sp³-hybridized carbons (Fsp3) is 0.500. The Morgan fingerprint density at radius 3 is 2.57 bits per heavy atom. The Hall–Kier alpha value is -1.41. The quantitative estimate of drug-likeness (QED) is 0.347. The zero-order valence-corrected chi connectivity index (χ0v) is 12.0. The summed E-state index contributed by atoms with van der Waals surface area (Å²) in [4.78, 5) is 9.89. The second kappa shape index (κ2) is 7.04. The van der Waals surface area contributed by atoms with Gasteiger partial charge in [0.05, 0.1) is 18.1 Å². The van der Waals surface area contributed by atoms with Gasteiger partial charge in [-0.15, -0.1) is 0 Å². The molecule has 0 atom stereocenters. The summed E-state index contributed by atoms with van der Waals surface area (Å²) >= 11 is 0.442. The number of alkyl halides is 2. The van der Waals surface area contributed by atoms with Crippen LogP contribution in [0.5, 0.6) is 0 Å². The van der Waals surface area contributed by atoms with E-state index in [-0.39, 0.29) is 5.00 Å². The number of anilines is 1. The molecule has 0 aliphatic rings. The molecule has 1 rings (SSSR count). The van der Waals surface area contributed by atoms with Crippen molar-refractivity contribution in [3.8, 4) is 0 Å². The van der Waals surface area contributed by atoms with Crippen molar-refractivity contribution in [2.75, 3.05) is 25.1 Å². The van der Waals surface area contributed by atoms with Crippen LogP contribution in [0.3, 0.4) is 0 Å². The molecule has 4 N–H and O–H groups in total. The molecule has 0 aliphatic carbocycles. The highest BCUT2D eigenvalue weighted by molar-refractivity contribution is 7.91. The average Bonchev–Trinajstić information content (AvgIpc) is 2.82. The Labute approximate surface area is 122 Å². The normalized spacial score (nSPS) is 12.1. The second-order valence-corrected chi connectivity index (χ2v) is 6.88. The summed E-state index contributed by atoms with van der Waals surface area (Å²) in [6.07, 6.45) is -2.95. The molecule has 0 bridgehead atoms. The van der Waals surface area contributed by atoms with Crippen LogP contribution in [0, 0.1) is 10.1 Å². The molecule has 0 aromatic carbocycles. The third-order valence-corrected chi connectivity index (χ3v) is 5.67. The lowest BCUT2D eigenvalue weighted by Crippen LogP contribution is -2.36. The van der Waals surface area contributed by atoms with Crippen LogP contribution in [0.2, 0.25) is 0 Å². The second-order valence-electron chi connectivity index (χ2n) is 3.66. The highest BCUT2D eigenvalue weighted by atomic mass is 32.2. The van der Waals surface area contributed by atoms with Crippen molar-refractivity contribution in [1.29, 1.82) is 0 Å². The van der Waals surface area contributed by atoms with Gasteiger partial charge in [0.1, 0.15) is 4.21 Å². The standard InChI is InChI=1S/C8H12F2N4O5S2/c9-6(10)4-13(1-2-15)21(18,19)7-3-5(14(16)17)8(12-11)20-7/h3,6,12,15H,1-2,4,11H2. The molecule has 21 heavy (non-hydrogen) atoms. The molecule has 0 fully saturated rings. The molecular formula is C8H12F2N4O5S2. The van der Waals surface area contributed by atoms with E-state index in [9.17, 15) is 27.3 Å². The van der Waals surface area contributed by atoms with Gasteiger partial charge in [0, 0.05) is 12.6 Å². The van der Waals surface area contributed by atoms with Gasteiger partial charge in [0.2, 0.25) is 0 Å². The van der Waals surface area contributed by atoms with E-state index >= 15 is 0 Å². The number of hydrogen-bond donors (Lipinski definition) is 3. The van der Waals surface area contributed by atoms with E-state index in [1.54, 1.807) is 0 Å². The number of thiophene rings is 1. The zero-order valence-electron chi connectivity index (χ0n) is 10.4. The molecule has 0 saturated carbocycles. The lowest BCUT2D eigenvalue weighted by molar-refractivity contribution is -0.383. The Morgan fingerprint density at radius 2 is 2.19 bits per heavy atom. The number of nitrogens with two attached hydrogens (primary N) is 1. The number of aliphatic hydroxyl groups is 1. The van der Waals surface area contributed by atoms with Crippen LogP contribution in [0.1, 0.15) is 0 Å². The van der Waals surface area contributed by atoms with Crippen LogP contribution >= 0.6 is 11.3 Å². The molecule has 0 saturated heterocycles. The smallest absolute Gasteiger partial charge is 0.306 e. The topological polar surface area (TPSA) is 139 Å². The Morgan fingerprint density at radius 1 is 1.57 bits per heavy atom. The first kappa shape index (κ1) is 17.6. The summed E-state index contributed by atoms with van der Waals surface area (Å²) in [5.41, 5.74) is 1.40. The summed E-state index contributed by atoms with van der Waals surface area (Å²) in [6.45, 7) is -2.34. The van der Waals surface area contributed by atoms with Crippen LogP contribution < -0.4 is 11.3 Å². The summed E-state index contributed by atoms with van der Waals surface area (Å²) in [6, 6.07) is 0.727. The van der Waals surface area contributed by atoms with Crippen molar-refractivity contribution < 1.29 is 27.2 Å². The van der Waals surface area contributed by atoms with Gasteiger partial charge in [-0.2, -0.15) is 4.31 Å². The molecule has 1 aromatic heterocycles. The maximum atomic E-state index is 12.4. The number of rotatable bonds is 8. The first-order valence-corrected chi connectivity index (χ1v) is 7.63. The first-order chi connectivity index (χ1) is 9.73. The van der Waals surface area contributed by atoms with E-state index in [1.807, 2.05) is 5.43 Å². The molecular weight excluding hydrogens is 334 g/mol. The molecule has 0 spiro atoms. The van der Waals surface area contributed by atoms with Gasteiger partial charge in [-0.1, -0.05) is 11.3 Å². The summed E-state index contributed by atoms with van der Waals surface area (Å²) < 4.78 is 49.0. The number of hydrogen-bond acceptors (Lipinski definition) is 8. The van der Waals surface area contributed by atoms with Crippen molar-refractivity contribution in [3.05, 3.63) is 16.2 Å². The molecule has 1 aromatic rings. The molecule has 0 radical (unpaired) electrons. The third-order valence-electron chi connectivity index (χ3n) is 2.30. The van der Waals surface area contributed by atoms with Gasteiger partial charge >= 0.3 is 5.69 Å². The van der Waals surface area contributed by atoms with Gasteiger partial charge in [-0.05, 0) is 0 Å². The highest BCUT2D eigenvalue weighted by Gasteiger charge is 2.32. The van der Waals surface area contributed by atoms with E-state index < -0.39 is 51.0 Å². The number of aliphatic hydroxyl groups excluding tert-OH is 1. The maximum absolute atomic E-state index is 12.4. The first-order valence-electron chi connectivity index (χ1n) is 5.38. The van der Waals surface area contributed by atoms with E-state index in [1.165, 1.54) is 0 Å². The third kappa shape index (κ3) is 4.04. The SMILES string of the molecule is NNc1sc(S(=O)(=O)N(CCO)CC(F)F)cc1[N+](=O)[O-]. The van der Waals surface area contributed by atoms with Crippen LogP contribution in [0.25, 0.3) is 0 Å². The highest BCUT2D eigenvalue weighted by Crippen LogP contribution is 2.37. The molecule has 9 nitrogen and oxygen atoms in total.